The summed E-state index contributed by atoms with van der Waals surface area (Å²) in [7, 11) is 0. The number of para-hydroxylation sites is 1. The summed E-state index contributed by atoms with van der Waals surface area (Å²) in [6, 6.07) is 10.8. The standard InChI is InChI=1S/C8H6N.C8H9.2ClH.Zr/c1-2-4-8-7(3-1)5-6-9-8;1-7(2)8-5-3-4-6-8;;;/h1-5,9H;3-5H,1-2H3;2*1H;/q;;;;+2/p-2. The Morgan fingerprint density at radius 2 is 1.85 bits per heavy atom. The second-order valence-electron chi connectivity index (χ2n) is 4.75. The van der Waals surface area contributed by atoms with Gasteiger partial charge in [0.05, 0.1) is 0 Å². The Balaban J connectivity index is 0.000001000. The molecule has 0 aliphatic heterocycles. The van der Waals surface area contributed by atoms with Crippen molar-refractivity contribution in [2.24, 2.45) is 0 Å². The Morgan fingerprint density at radius 3 is 2.55 bits per heavy atom. The molecule has 1 heterocycles. The minimum absolute atomic E-state index is 0. The van der Waals surface area contributed by atoms with Crippen LogP contribution in [0, 0.1) is 0 Å². The predicted molar refractivity (Wildman–Crippen MR) is 73.5 cm³/mol. The molecule has 0 saturated heterocycles. The molecule has 0 bridgehead atoms. The Morgan fingerprint density at radius 1 is 1.10 bits per heavy atom. The maximum atomic E-state index is 3.57. The summed E-state index contributed by atoms with van der Waals surface area (Å²) in [6.45, 7) is 4.40. The van der Waals surface area contributed by atoms with Gasteiger partial charge in [0, 0.05) is 0 Å². The Hall–Kier alpha value is -0.557. The van der Waals surface area contributed by atoms with E-state index in [-0.39, 0.29) is 24.8 Å². The van der Waals surface area contributed by atoms with E-state index in [1.54, 1.807) is 3.28 Å². The van der Waals surface area contributed by atoms with Crippen molar-refractivity contribution in [3.63, 3.8) is 0 Å². The Bertz CT molecular complexity index is 658. The van der Waals surface area contributed by atoms with E-state index in [4.69, 9.17) is 0 Å². The summed E-state index contributed by atoms with van der Waals surface area (Å²) in [5.41, 5.74) is 4.14. The van der Waals surface area contributed by atoms with Crippen molar-refractivity contribution in [1.82, 2.24) is 4.98 Å². The molecule has 1 N–H and O–H groups in total. The molecule has 0 unspecified atom stereocenters. The van der Waals surface area contributed by atoms with Crippen LogP contribution in [0.25, 0.3) is 10.9 Å². The molecule has 0 spiro atoms. The van der Waals surface area contributed by atoms with Gasteiger partial charge in [-0.25, -0.2) is 0 Å². The number of aromatic amines is 1. The molecule has 0 saturated carbocycles. The fraction of sp³-hybridized carbons (Fsp3) is 0.125. The first kappa shape index (κ1) is 17.5. The van der Waals surface area contributed by atoms with Crippen LogP contribution in [-0.4, -0.2) is 4.98 Å². The maximum Gasteiger partial charge on any atom is -1.00 e. The molecule has 1 nitrogen and oxygen atoms in total. The van der Waals surface area contributed by atoms with Gasteiger partial charge in [0.25, 0.3) is 0 Å². The number of hydrogen-bond acceptors (Lipinski definition) is 0. The van der Waals surface area contributed by atoms with Crippen molar-refractivity contribution in [3.05, 3.63) is 63.0 Å². The first-order valence-corrected chi connectivity index (χ1v) is 8.61. The van der Waals surface area contributed by atoms with E-state index < -0.39 is 23.2 Å². The SMILES string of the molecule is CC(C)=C1C=CC=[C]1[Zr+2][c]1cc2ccccc2[nH]1.[Cl-].[Cl-]. The zero-order valence-electron chi connectivity index (χ0n) is 11.4. The van der Waals surface area contributed by atoms with Crippen LogP contribution in [0.3, 0.4) is 0 Å². The molecule has 2 aromatic rings. The fourth-order valence-corrected chi connectivity index (χ4v) is 5.60. The van der Waals surface area contributed by atoms with E-state index in [1.165, 1.54) is 25.5 Å². The van der Waals surface area contributed by atoms with Crippen molar-refractivity contribution in [1.29, 1.82) is 0 Å². The summed E-state index contributed by atoms with van der Waals surface area (Å²) in [5.74, 6) is 0. The molecule has 1 aliphatic carbocycles. The maximum absolute atomic E-state index is 3.57. The average Bonchev–Trinajstić information content (AvgIpc) is 2.94. The zero-order chi connectivity index (χ0) is 12.5. The molecule has 3 rings (SSSR count). The Labute approximate surface area is 143 Å². The van der Waals surface area contributed by atoms with Crippen LogP contribution in [0.2, 0.25) is 0 Å². The number of allylic oxidation sites excluding steroid dienone is 6. The summed E-state index contributed by atoms with van der Waals surface area (Å²) in [4.78, 5) is 3.57. The molecule has 0 fully saturated rings. The fourth-order valence-electron chi connectivity index (χ4n) is 2.25. The van der Waals surface area contributed by atoms with E-state index in [0.717, 1.165) is 0 Å². The van der Waals surface area contributed by atoms with Gasteiger partial charge in [0.15, 0.2) is 0 Å². The molecule has 1 aliphatic rings. The van der Waals surface area contributed by atoms with Gasteiger partial charge >= 0.3 is 119 Å². The van der Waals surface area contributed by atoms with Crippen molar-refractivity contribution in [3.8, 4) is 0 Å². The van der Waals surface area contributed by atoms with Gasteiger partial charge in [0.2, 0.25) is 0 Å². The van der Waals surface area contributed by atoms with E-state index in [1.807, 2.05) is 0 Å². The average molecular weight is 383 g/mol. The van der Waals surface area contributed by atoms with Crippen molar-refractivity contribution >= 4 is 14.3 Å². The van der Waals surface area contributed by atoms with Crippen LogP contribution in [-0.2, 0) is 23.2 Å². The van der Waals surface area contributed by atoms with E-state index in [9.17, 15) is 0 Å². The van der Waals surface area contributed by atoms with Gasteiger partial charge in [0.1, 0.15) is 0 Å². The molecular weight excluding hydrogens is 368 g/mol. The molecule has 1 aromatic heterocycles. The van der Waals surface area contributed by atoms with Gasteiger partial charge in [-0.1, -0.05) is 0 Å². The first-order chi connectivity index (χ1) is 8.74. The number of nitrogens with one attached hydrogen (secondary N) is 1. The van der Waals surface area contributed by atoms with Crippen molar-refractivity contribution in [2.45, 2.75) is 13.8 Å². The molecule has 102 valence electrons. The third kappa shape index (κ3) is 3.55. The van der Waals surface area contributed by atoms with Crippen LogP contribution in [0.5, 0.6) is 0 Å². The van der Waals surface area contributed by atoms with E-state index >= 15 is 0 Å². The summed E-state index contributed by atoms with van der Waals surface area (Å²) < 4.78 is 3.03. The normalized spacial score (nSPS) is 12.5. The van der Waals surface area contributed by atoms with Gasteiger partial charge in [-0.05, 0) is 0 Å². The number of aromatic nitrogens is 1. The van der Waals surface area contributed by atoms with Gasteiger partial charge in [-0.3, -0.25) is 0 Å². The summed E-state index contributed by atoms with van der Waals surface area (Å²) in [6.07, 6.45) is 6.72. The van der Waals surface area contributed by atoms with Crippen molar-refractivity contribution in [2.75, 3.05) is 0 Å². The number of H-pyrrole nitrogens is 1. The van der Waals surface area contributed by atoms with Crippen LogP contribution in [0.1, 0.15) is 13.8 Å². The minimum Gasteiger partial charge on any atom is -1.00 e. The second kappa shape index (κ2) is 7.45. The topological polar surface area (TPSA) is 15.8 Å². The largest absolute Gasteiger partial charge is 1.00 e. The minimum atomic E-state index is -0.707. The third-order valence-corrected chi connectivity index (χ3v) is 6.21. The molecule has 0 amide bonds. The predicted octanol–water partition coefficient (Wildman–Crippen LogP) is -2.33. The number of rotatable bonds is 2. The zero-order valence-corrected chi connectivity index (χ0v) is 15.3. The molecule has 20 heavy (non-hydrogen) atoms. The molecular formula is C16H15Cl2NZr. The molecule has 4 heteroatoms. The van der Waals surface area contributed by atoms with Crippen molar-refractivity contribution < 1.29 is 48.0 Å². The van der Waals surface area contributed by atoms with Gasteiger partial charge in [-0.2, -0.15) is 0 Å². The summed E-state index contributed by atoms with van der Waals surface area (Å²) >= 11 is -0.707. The van der Waals surface area contributed by atoms with Crippen LogP contribution in [0.4, 0.5) is 0 Å². The molecule has 1 aromatic carbocycles. The number of fused-ring (bicyclic) bond motifs is 1. The number of hydrogen-bond donors (Lipinski definition) is 1. The third-order valence-electron chi connectivity index (χ3n) is 3.15. The van der Waals surface area contributed by atoms with Gasteiger partial charge < -0.3 is 24.8 Å². The quantitative estimate of drug-likeness (QED) is 0.599. The number of halogens is 2. The smallest absolute Gasteiger partial charge is 1.00 e. The monoisotopic (exact) mass is 381 g/mol. The molecule has 0 atom stereocenters. The summed E-state index contributed by atoms with van der Waals surface area (Å²) in [5, 5.41) is 1.33. The first-order valence-electron chi connectivity index (χ1n) is 6.15. The Kier molecular flexibility index (Phi) is 6.52. The van der Waals surface area contributed by atoms with Crippen LogP contribution >= 0.6 is 0 Å². The second-order valence-corrected chi connectivity index (χ2v) is 8.01. The molecule has 0 radical (unpaired) electrons. The number of benzene rings is 1. The van der Waals surface area contributed by atoms with Crippen LogP contribution in [0.15, 0.2) is 63.0 Å². The van der Waals surface area contributed by atoms with E-state index in [2.05, 4.69) is 67.4 Å². The van der Waals surface area contributed by atoms with Gasteiger partial charge in [-0.15, -0.1) is 0 Å². The van der Waals surface area contributed by atoms with E-state index in [0.29, 0.717) is 0 Å². The van der Waals surface area contributed by atoms with Crippen LogP contribution < -0.4 is 28.2 Å².